The van der Waals surface area contributed by atoms with Gasteiger partial charge in [-0.05, 0) is 26.0 Å². The van der Waals surface area contributed by atoms with E-state index in [1.54, 1.807) is 17.5 Å². The van der Waals surface area contributed by atoms with Crippen LogP contribution in [0.4, 0.5) is 5.82 Å². The summed E-state index contributed by atoms with van der Waals surface area (Å²) in [6.07, 6.45) is 1.78. The Morgan fingerprint density at radius 2 is 2.20 bits per heavy atom. The number of aryl methyl sites for hydroxylation is 2. The number of thiazole rings is 1. The highest BCUT2D eigenvalue weighted by Crippen LogP contribution is 2.18. The van der Waals surface area contributed by atoms with Crippen LogP contribution in [0.3, 0.4) is 0 Å². The first-order chi connectivity index (χ1) is 7.25. The number of nitrogens with one attached hydrogen (secondary N) is 1. The number of nitrogens with zero attached hydrogens (tertiary/aromatic N) is 2. The van der Waals surface area contributed by atoms with Gasteiger partial charge in [-0.2, -0.15) is 0 Å². The van der Waals surface area contributed by atoms with E-state index < -0.39 is 0 Å². The summed E-state index contributed by atoms with van der Waals surface area (Å²) < 4.78 is 0. The first-order valence-electron chi connectivity index (χ1n) is 4.83. The molecule has 2 rings (SSSR count). The third-order valence-electron chi connectivity index (χ3n) is 2.09. The van der Waals surface area contributed by atoms with Crippen LogP contribution in [0.25, 0.3) is 0 Å². The molecule has 0 spiro atoms. The third kappa shape index (κ3) is 2.53. The maximum Gasteiger partial charge on any atom is 0.126 e. The molecule has 78 valence electrons. The van der Waals surface area contributed by atoms with Crippen molar-refractivity contribution in [1.82, 2.24) is 9.97 Å². The lowest BCUT2D eigenvalue weighted by atomic mass is 10.4. The van der Waals surface area contributed by atoms with Crippen LogP contribution >= 0.6 is 11.3 Å². The molecule has 0 bridgehead atoms. The maximum atomic E-state index is 4.38. The molecule has 0 aromatic carbocycles. The van der Waals surface area contributed by atoms with Crippen LogP contribution in [-0.2, 0) is 6.54 Å². The molecule has 3 nitrogen and oxygen atoms in total. The molecule has 0 aliphatic carbocycles. The Morgan fingerprint density at radius 3 is 2.80 bits per heavy atom. The fraction of sp³-hybridized carbons (Fsp3) is 0.273. The van der Waals surface area contributed by atoms with Crippen molar-refractivity contribution in [2.75, 3.05) is 5.32 Å². The lowest BCUT2D eigenvalue weighted by Crippen LogP contribution is -2.00. The number of pyridine rings is 1. The molecule has 0 fully saturated rings. The molecule has 2 heterocycles. The normalized spacial score (nSPS) is 10.3. The number of hydrogen-bond donors (Lipinski definition) is 1. The number of anilines is 1. The van der Waals surface area contributed by atoms with Gasteiger partial charge >= 0.3 is 0 Å². The monoisotopic (exact) mass is 219 g/mol. The average molecular weight is 219 g/mol. The van der Waals surface area contributed by atoms with Crippen LogP contribution in [0.5, 0.6) is 0 Å². The maximum absolute atomic E-state index is 4.38. The molecule has 2 aromatic heterocycles. The summed E-state index contributed by atoms with van der Waals surface area (Å²) in [5.74, 6) is 0.906. The minimum atomic E-state index is 0.800. The smallest absolute Gasteiger partial charge is 0.126 e. The number of rotatable bonds is 3. The van der Waals surface area contributed by atoms with Gasteiger partial charge in [0, 0.05) is 11.1 Å². The lowest BCUT2D eigenvalue weighted by Gasteiger charge is -2.02. The van der Waals surface area contributed by atoms with Crippen molar-refractivity contribution in [1.29, 1.82) is 0 Å². The van der Waals surface area contributed by atoms with Crippen molar-refractivity contribution in [3.05, 3.63) is 40.0 Å². The van der Waals surface area contributed by atoms with Crippen molar-refractivity contribution in [3.8, 4) is 0 Å². The first kappa shape index (κ1) is 10.1. The third-order valence-corrected chi connectivity index (χ3v) is 3.17. The quantitative estimate of drug-likeness (QED) is 0.862. The summed E-state index contributed by atoms with van der Waals surface area (Å²) in [7, 11) is 0. The van der Waals surface area contributed by atoms with Crippen LogP contribution < -0.4 is 5.32 Å². The van der Waals surface area contributed by atoms with Gasteiger partial charge in [0.25, 0.3) is 0 Å². The molecule has 2 aromatic rings. The second-order valence-electron chi connectivity index (χ2n) is 3.31. The van der Waals surface area contributed by atoms with Crippen molar-refractivity contribution >= 4 is 17.2 Å². The van der Waals surface area contributed by atoms with E-state index in [1.165, 1.54) is 4.88 Å². The first-order valence-corrected chi connectivity index (χ1v) is 5.65. The lowest BCUT2D eigenvalue weighted by molar-refractivity contribution is 1.09. The van der Waals surface area contributed by atoms with Gasteiger partial charge in [0.15, 0.2) is 0 Å². The van der Waals surface area contributed by atoms with Gasteiger partial charge in [-0.15, -0.1) is 11.3 Å². The van der Waals surface area contributed by atoms with E-state index in [0.717, 1.165) is 23.1 Å². The number of aromatic nitrogens is 2. The van der Waals surface area contributed by atoms with E-state index in [9.17, 15) is 0 Å². The largest absolute Gasteiger partial charge is 0.365 e. The Labute approximate surface area is 93.2 Å². The Balaban J connectivity index is 2.02. The predicted molar refractivity (Wildman–Crippen MR) is 63.2 cm³/mol. The Hall–Kier alpha value is -1.42. The summed E-state index contributed by atoms with van der Waals surface area (Å²) in [4.78, 5) is 9.86. The van der Waals surface area contributed by atoms with Gasteiger partial charge in [0.05, 0.1) is 17.2 Å². The summed E-state index contributed by atoms with van der Waals surface area (Å²) in [6.45, 7) is 4.87. The highest BCUT2D eigenvalue weighted by Gasteiger charge is 2.03. The molecule has 15 heavy (non-hydrogen) atoms. The molecule has 0 unspecified atom stereocenters. The van der Waals surface area contributed by atoms with Crippen molar-refractivity contribution < 1.29 is 0 Å². The van der Waals surface area contributed by atoms with Crippen LogP contribution in [0.1, 0.15) is 15.6 Å². The zero-order valence-electron chi connectivity index (χ0n) is 8.82. The fourth-order valence-corrected chi connectivity index (χ4v) is 2.25. The van der Waals surface area contributed by atoms with E-state index >= 15 is 0 Å². The van der Waals surface area contributed by atoms with E-state index in [0.29, 0.717) is 0 Å². The van der Waals surface area contributed by atoms with Gasteiger partial charge in [0.1, 0.15) is 5.82 Å². The van der Waals surface area contributed by atoms with Crippen LogP contribution in [0.2, 0.25) is 0 Å². The van der Waals surface area contributed by atoms with Crippen LogP contribution in [0, 0.1) is 13.8 Å². The Bertz CT molecular complexity index is 436. The SMILES string of the molecule is Cc1nc(C)c(CNc2ccccn2)s1. The standard InChI is InChI=1S/C11H13N3S/c1-8-10(15-9(2)14-8)7-13-11-5-3-4-6-12-11/h3-6H,7H2,1-2H3,(H,12,13). The van der Waals surface area contributed by atoms with Gasteiger partial charge < -0.3 is 5.32 Å². The molecule has 0 saturated carbocycles. The molecule has 0 aliphatic rings. The van der Waals surface area contributed by atoms with Crippen molar-refractivity contribution in [2.45, 2.75) is 20.4 Å². The van der Waals surface area contributed by atoms with Crippen LogP contribution in [0.15, 0.2) is 24.4 Å². The topological polar surface area (TPSA) is 37.8 Å². The molecule has 0 radical (unpaired) electrons. The average Bonchev–Trinajstić information content (AvgIpc) is 2.56. The van der Waals surface area contributed by atoms with Crippen LogP contribution in [-0.4, -0.2) is 9.97 Å². The highest BCUT2D eigenvalue weighted by molar-refractivity contribution is 7.11. The summed E-state index contributed by atoms with van der Waals surface area (Å²) in [5.41, 5.74) is 1.11. The highest BCUT2D eigenvalue weighted by atomic mass is 32.1. The van der Waals surface area contributed by atoms with E-state index in [-0.39, 0.29) is 0 Å². The molecule has 0 aliphatic heterocycles. The van der Waals surface area contributed by atoms with Gasteiger partial charge in [-0.1, -0.05) is 6.07 Å². The zero-order valence-corrected chi connectivity index (χ0v) is 9.64. The van der Waals surface area contributed by atoms with Gasteiger partial charge in [-0.25, -0.2) is 9.97 Å². The molecule has 1 N–H and O–H groups in total. The van der Waals surface area contributed by atoms with E-state index in [2.05, 4.69) is 15.3 Å². The molecule has 0 atom stereocenters. The minimum Gasteiger partial charge on any atom is -0.365 e. The molecular weight excluding hydrogens is 206 g/mol. The molecular formula is C11H13N3S. The van der Waals surface area contributed by atoms with E-state index in [4.69, 9.17) is 0 Å². The second-order valence-corrected chi connectivity index (χ2v) is 4.60. The molecule has 0 amide bonds. The minimum absolute atomic E-state index is 0.800. The summed E-state index contributed by atoms with van der Waals surface area (Å²) in [6, 6.07) is 5.84. The Morgan fingerprint density at radius 1 is 1.33 bits per heavy atom. The number of hydrogen-bond acceptors (Lipinski definition) is 4. The fourth-order valence-electron chi connectivity index (χ4n) is 1.38. The summed E-state index contributed by atoms with van der Waals surface area (Å²) in [5, 5.41) is 4.39. The Kier molecular flexibility index (Phi) is 2.97. The van der Waals surface area contributed by atoms with E-state index in [1.807, 2.05) is 32.0 Å². The van der Waals surface area contributed by atoms with Gasteiger partial charge in [-0.3, -0.25) is 0 Å². The van der Waals surface area contributed by atoms with Crippen molar-refractivity contribution in [2.24, 2.45) is 0 Å². The predicted octanol–water partition coefficient (Wildman–Crippen LogP) is 2.77. The van der Waals surface area contributed by atoms with Gasteiger partial charge in [0.2, 0.25) is 0 Å². The molecule has 4 heteroatoms. The van der Waals surface area contributed by atoms with Crippen molar-refractivity contribution in [3.63, 3.8) is 0 Å². The zero-order chi connectivity index (χ0) is 10.7. The molecule has 0 saturated heterocycles. The summed E-state index contributed by atoms with van der Waals surface area (Å²) >= 11 is 1.73. The second kappa shape index (κ2) is 4.40.